The molecule has 1 aliphatic heterocycles. The number of rotatable bonds is 3. The zero-order chi connectivity index (χ0) is 11.5. The van der Waals surface area contributed by atoms with Crippen molar-refractivity contribution in [2.24, 2.45) is 0 Å². The third-order valence-electron chi connectivity index (χ3n) is 3.12. The highest BCUT2D eigenvalue weighted by Crippen LogP contribution is 2.26. The monoisotopic (exact) mass is 241 g/mol. The van der Waals surface area contributed by atoms with E-state index in [0.29, 0.717) is 11.6 Å². The molecule has 88 valence electrons. The molecule has 1 aromatic carbocycles. The van der Waals surface area contributed by atoms with E-state index in [2.05, 4.69) is 4.90 Å². The van der Waals surface area contributed by atoms with Gasteiger partial charge >= 0.3 is 0 Å². The summed E-state index contributed by atoms with van der Waals surface area (Å²) < 4.78 is 0. The predicted molar refractivity (Wildman–Crippen MR) is 63.6 cm³/mol. The first-order chi connectivity index (χ1) is 7.70. The van der Waals surface area contributed by atoms with Crippen molar-refractivity contribution in [3.8, 4) is 5.75 Å². The third-order valence-corrected chi connectivity index (χ3v) is 3.36. The highest BCUT2D eigenvalue weighted by molar-refractivity contribution is 6.30. The van der Waals surface area contributed by atoms with Crippen LogP contribution in [0, 0.1) is 0 Å². The van der Waals surface area contributed by atoms with E-state index in [1.807, 2.05) is 0 Å². The van der Waals surface area contributed by atoms with Gasteiger partial charge in [-0.05, 0) is 37.6 Å². The summed E-state index contributed by atoms with van der Waals surface area (Å²) in [6, 6.07) is 5.29. The highest BCUT2D eigenvalue weighted by Gasteiger charge is 2.24. The molecule has 1 saturated heterocycles. The van der Waals surface area contributed by atoms with Gasteiger partial charge in [0.05, 0.1) is 6.61 Å². The van der Waals surface area contributed by atoms with Crippen LogP contribution in [-0.2, 0) is 6.54 Å². The van der Waals surface area contributed by atoms with Crippen LogP contribution in [0.5, 0.6) is 5.75 Å². The smallest absolute Gasteiger partial charge is 0.120 e. The van der Waals surface area contributed by atoms with Crippen LogP contribution in [0.3, 0.4) is 0 Å². The maximum atomic E-state index is 9.71. The van der Waals surface area contributed by atoms with Gasteiger partial charge in [-0.2, -0.15) is 0 Å². The van der Waals surface area contributed by atoms with Gasteiger partial charge in [-0.3, -0.25) is 4.90 Å². The summed E-state index contributed by atoms with van der Waals surface area (Å²) in [5.74, 6) is 0.271. The number of hydrogen-bond acceptors (Lipinski definition) is 3. The van der Waals surface area contributed by atoms with Crippen LogP contribution in [0.25, 0.3) is 0 Å². The number of halogens is 1. The molecule has 1 unspecified atom stereocenters. The van der Waals surface area contributed by atoms with Crippen molar-refractivity contribution in [2.45, 2.75) is 25.4 Å². The molecule has 0 radical (unpaired) electrons. The molecule has 0 saturated carbocycles. The standard InChI is InChI=1S/C12H16ClNO2/c13-10-3-4-12(16)9(6-10)7-14-5-1-2-11(14)8-15/h3-4,6,11,15-16H,1-2,5,7-8H2. The van der Waals surface area contributed by atoms with Crippen LogP contribution >= 0.6 is 11.6 Å². The molecule has 3 nitrogen and oxygen atoms in total. The number of benzene rings is 1. The second-order valence-corrected chi connectivity index (χ2v) is 4.66. The van der Waals surface area contributed by atoms with Gasteiger partial charge in [0.2, 0.25) is 0 Å². The number of hydrogen-bond donors (Lipinski definition) is 2. The fraction of sp³-hybridized carbons (Fsp3) is 0.500. The molecule has 4 heteroatoms. The van der Waals surface area contributed by atoms with E-state index in [4.69, 9.17) is 11.6 Å². The SMILES string of the molecule is OCC1CCCN1Cc1cc(Cl)ccc1O. The Hall–Kier alpha value is -0.770. The first-order valence-corrected chi connectivity index (χ1v) is 5.91. The average Bonchev–Trinajstić information content (AvgIpc) is 2.71. The van der Waals surface area contributed by atoms with Crippen molar-refractivity contribution in [2.75, 3.05) is 13.2 Å². The second-order valence-electron chi connectivity index (χ2n) is 4.22. The van der Waals surface area contributed by atoms with Crippen molar-refractivity contribution >= 4 is 11.6 Å². The van der Waals surface area contributed by atoms with Crippen molar-refractivity contribution in [1.82, 2.24) is 4.90 Å². The number of aliphatic hydroxyl groups is 1. The fourth-order valence-corrected chi connectivity index (χ4v) is 2.40. The van der Waals surface area contributed by atoms with Gasteiger partial charge in [-0.15, -0.1) is 0 Å². The minimum atomic E-state index is 0.182. The predicted octanol–water partition coefficient (Wildman–Crippen LogP) is 2.00. The van der Waals surface area contributed by atoms with Gasteiger partial charge in [0.15, 0.2) is 0 Å². The molecule has 1 aromatic rings. The number of phenols is 1. The van der Waals surface area contributed by atoms with Crippen LogP contribution in [0.15, 0.2) is 18.2 Å². The molecular weight excluding hydrogens is 226 g/mol. The molecule has 1 atom stereocenters. The van der Waals surface area contributed by atoms with Gasteiger partial charge < -0.3 is 10.2 Å². The quantitative estimate of drug-likeness (QED) is 0.851. The van der Waals surface area contributed by atoms with Gasteiger partial charge in [0.1, 0.15) is 5.75 Å². The maximum Gasteiger partial charge on any atom is 0.120 e. The highest BCUT2D eigenvalue weighted by atomic mass is 35.5. The number of phenolic OH excluding ortho intramolecular Hbond substituents is 1. The van der Waals surface area contributed by atoms with E-state index in [9.17, 15) is 10.2 Å². The van der Waals surface area contributed by atoms with Crippen molar-refractivity contribution < 1.29 is 10.2 Å². The molecule has 2 rings (SSSR count). The minimum Gasteiger partial charge on any atom is -0.508 e. The van der Waals surface area contributed by atoms with E-state index in [1.165, 1.54) is 0 Å². The normalized spacial score (nSPS) is 21.5. The van der Waals surface area contributed by atoms with Crippen molar-refractivity contribution in [1.29, 1.82) is 0 Å². The minimum absolute atomic E-state index is 0.182. The number of likely N-dealkylation sites (tertiary alicyclic amines) is 1. The molecule has 0 aromatic heterocycles. The van der Waals surface area contributed by atoms with E-state index in [0.717, 1.165) is 24.9 Å². The van der Waals surface area contributed by atoms with Crippen molar-refractivity contribution in [3.05, 3.63) is 28.8 Å². The van der Waals surface area contributed by atoms with E-state index in [-0.39, 0.29) is 18.4 Å². The van der Waals surface area contributed by atoms with Crippen LogP contribution in [0.4, 0.5) is 0 Å². The Bertz CT molecular complexity index is 370. The van der Waals surface area contributed by atoms with E-state index < -0.39 is 0 Å². The summed E-state index contributed by atoms with van der Waals surface area (Å²) in [6.45, 7) is 1.80. The summed E-state index contributed by atoms with van der Waals surface area (Å²) in [7, 11) is 0. The van der Waals surface area contributed by atoms with Gasteiger partial charge in [-0.1, -0.05) is 11.6 Å². The van der Waals surface area contributed by atoms with Crippen LogP contribution in [-0.4, -0.2) is 34.3 Å². The lowest BCUT2D eigenvalue weighted by molar-refractivity contribution is 0.152. The molecule has 16 heavy (non-hydrogen) atoms. The lowest BCUT2D eigenvalue weighted by atomic mass is 10.1. The third kappa shape index (κ3) is 2.48. The molecule has 0 aliphatic carbocycles. The average molecular weight is 242 g/mol. The van der Waals surface area contributed by atoms with E-state index >= 15 is 0 Å². The molecule has 2 N–H and O–H groups in total. The molecular formula is C12H16ClNO2. The summed E-state index contributed by atoms with van der Waals surface area (Å²) in [5.41, 5.74) is 0.827. The fourth-order valence-electron chi connectivity index (χ4n) is 2.21. The molecule has 0 spiro atoms. The summed E-state index contributed by atoms with van der Waals surface area (Å²) >= 11 is 5.89. The largest absolute Gasteiger partial charge is 0.508 e. The molecule has 0 bridgehead atoms. The lowest BCUT2D eigenvalue weighted by Gasteiger charge is -2.23. The Labute approximate surface area is 100 Å². The molecule has 1 heterocycles. The van der Waals surface area contributed by atoms with Crippen LogP contribution < -0.4 is 0 Å². The molecule has 1 fully saturated rings. The Morgan fingerprint density at radius 3 is 3.00 bits per heavy atom. The number of nitrogens with zero attached hydrogens (tertiary/aromatic N) is 1. The summed E-state index contributed by atoms with van der Waals surface area (Å²) in [5, 5.41) is 19.5. The topological polar surface area (TPSA) is 43.7 Å². The second kappa shape index (κ2) is 5.04. The number of aromatic hydroxyl groups is 1. The Kier molecular flexibility index (Phi) is 3.69. The Morgan fingerprint density at radius 1 is 1.44 bits per heavy atom. The van der Waals surface area contributed by atoms with Crippen LogP contribution in [0.1, 0.15) is 18.4 Å². The lowest BCUT2D eigenvalue weighted by Crippen LogP contribution is -2.31. The van der Waals surface area contributed by atoms with Gasteiger partial charge in [0.25, 0.3) is 0 Å². The summed E-state index contributed by atoms with van der Waals surface area (Å²) in [6.07, 6.45) is 2.13. The van der Waals surface area contributed by atoms with Gasteiger partial charge in [-0.25, -0.2) is 0 Å². The Balaban J connectivity index is 2.11. The summed E-state index contributed by atoms with van der Waals surface area (Å²) in [4.78, 5) is 2.19. The van der Waals surface area contributed by atoms with Crippen molar-refractivity contribution in [3.63, 3.8) is 0 Å². The zero-order valence-electron chi connectivity index (χ0n) is 9.06. The number of aliphatic hydroxyl groups excluding tert-OH is 1. The first-order valence-electron chi connectivity index (χ1n) is 5.53. The zero-order valence-corrected chi connectivity index (χ0v) is 9.82. The molecule has 0 amide bonds. The van der Waals surface area contributed by atoms with E-state index in [1.54, 1.807) is 18.2 Å². The van der Waals surface area contributed by atoms with Crippen LogP contribution in [0.2, 0.25) is 5.02 Å². The van der Waals surface area contributed by atoms with Gasteiger partial charge in [0, 0.05) is 23.2 Å². The molecule has 1 aliphatic rings. The first kappa shape index (κ1) is 11.7. The maximum absolute atomic E-state index is 9.71. The Morgan fingerprint density at radius 2 is 2.25 bits per heavy atom.